The number of nitrogens with one attached hydrogen (secondary N) is 2. The number of fused-ring (bicyclic) bond motifs is 1. The summed E-state index contributed by atoms with van der Waals surface area (Å²) >= 11 is 0. The second-order valence-corrected chi connectivity index (χ2v) is 10.2. The molecular weight excluding hydrogens is 416 g/mol. The predicted octanol–water partition coefficient (Wildman–Crippen LogP) is 1.84. The number of nitrogens with zero attached hydrogens (tertiary/aromatic N) is 2. The molecule has 0 aliphatic carbocycles. The van der Waals surface area contributed by atoms with Gasteiger partial charge in [-0.1, -0.05) is 0 Å². The summed E-state index contributed by atoms with van der Waals surface area (Å²) in [6.45, 7) is 3.47. The Morgan fingerprint density at radius 2 is 1.79 bits per heavy atom. The molecule has 3 rings (SSSR count). The number of benzene rings is 1. The molecule has 9 nitrogen and oxygen atoms in total. The van der Waals surface area contributed by atoms with Crippen LogP contribution in [0.15, 0.2) is 59.8 Å². The monoisotopic (exact) mass is 438 g/mol. The molecule has 0 atom stereocenters. The third kappa shape index (κ3) is 5.68. The smallest absolute Gasteiger partial charge is 0.240 e. The van der Waals surface area contributed by atoms with Gasteiger partial charge in [-0.15, -0.1) is 0 Å². The Morgan fingerprint density at radius 3 is 2.48 bits per heavy atom. The van der Waals surface area contributed by atoms with Crippen LogP contribution in [0.25, 0.3) is 5.52 Å². The Kier molecular flexibility index (Phi) is 6.10. The molecule has 2 aromatic heterocycles. The molecule has 11 heteroatoms. The average molecular weight is 439 g/mol. The van der Waals surface area contributed by atoms with E-state index in [1.165, 1.54) is 12.1 Å². The largest absolute Gasteiger partial charge is 0.491 e. The van der Waals surface area contributed by atoms with Crippen molar-refractivity contribution in [2.24, 2.45) is 0 Å². The van der Waals surface area contributed by atoms with E-state index >= 15 is 0 Å². The van der Waals surface area contributed by atoms with Crippen LogP contribution in [0.3, 0.4) is 0 Å². The molecule has 0 aliphatic rings. The molecule has 2 heterocycles. The molecule has 29 heavy (non-hydrogen) atoms. The molecule has 0 radical (unpaired) electrons. The van der Waals surface area contributed by atoms with Gasteiger partial charge in [0.05, 0.1) is 28.0 Å². The van der Waals surface area contributed by atoms with Gasteiger partial charge in [-0.2, -0.15) is 5.10 Å². The molecule has 2 N–H and O–H groups in total. The van der Waals surface area contributed by atoms with Crippen LogP contribution in [0.5, 0.6) is 5.75 Å². The summed E-state index contributed by atoms with van der Waals surface area (Å²) in [5.74, 6) is 0.145. The molecule has 0 bridgehead atoms. The molecule has 0 saturated heterocycles. The van der Waals surface area contributed by atoms with E-state index in [4.69, 9.17) is 4.74 Å². The second-order valence-electron chi connectivity index (χ2n) is 6.57. The zero-order valence-corrected chi connectivity index (χ0v) is 17.6. The molecule has 0 fully saturated rings. The summed E-state index contributed by atoms with van der Waals surface area (Å²) in [5, 5.41) is 4.04. The molecule has 3 aromatic rings. The number of ether oxygens (including phenoxy) is 1. The fourth-order valence-corrected chi connectivity index (χ4v) is 4.70. The van der Waals surface area contributed by atoms with Crippen LogP contribution >= 0.6 is 0 Å². The number of rotatable bonds is 9. The predicted molar refractivity (Wildman–Crippen MR) is 110 cm³/mol. The van der Waals surface area contributed by atoms with Gasteiger partial charge in [-0.05, 0) is 56.3 Å². The highest BCUT2D eigenvalue weighted by molar-refractivity contribution is 7.92. The van der Waals surface area contributed by atoms with Crippen LogP contribution in [0.2, 0.25) is 0 Å². The van der Waals surface area contributed by atoms with Gasteiger partial charge in [0.1, 0.15) is 5.75 Å². The summed E-state index contributed by atoms with van der Waals surface area (Å²) in [5.41, 5.74) is 1.11. The summed E-state index contributed by atoms with van der Waals surface area (Å²) < 4.78 is 61.0. The van der Waals surface area contributed by atoms with Crippen LogP contribution < -0.4 is 14.2 Å². The second kappa shape index (κ2) is 8.39. The first-order valence-electron chi connectivity index (χ1n) is 8.85. The molecule has 0 unspecified atom stereocenters. The molecule has 1 aromatic carbocycles. The molecule has 0 saturated carbocycles. The number of pyridine rings is 1. The number of hydrogen-bond donors (Lipinski definition) is 2. The first kappa shape index (κ1) is 21.1. The minimum Gasteiger partial charge on any atom is -0.491 e. The summed E-state index contributed by atoms with van der Waals surface area (Å²) in [4.78, 5) is 0.0325. The zero-order chi connectivity index (χ0) is 21.1. The van der Waals surface area contributed by atoms with Crippen LogP contribution in [-0.2, 0) is 20.0 Å². The van der Waals surface area contributed by atoms with E-state index in [0.29, 0.717) is 11.4 Å². The average Bonchev–Trinajstić information content (AvgIpc) is 3.08. The van der Waals surface area contributed by atoms with Gasteiger partial charge in [0, 0.05) is 18.9 Å². The Labute approximate surface area is 169 Å². The third-order valence-electron chi connectivity index (χ3n) is 3.84. The minimum atomic E-state index is -3.83. The van der Waals surface area contributed by atoms with E-state index in [-0.39, 0.29) is 17.5 Å². The standard InChI is InChI=1S/C18H22N4O5S2/c1-14(2)27-17-3-5-18(6-4-17)29(25,26)20-10-12-28(23,24)21-15-8-11-22-16(13-15)7-9-19-22/h3-9,11,13-14,20-21H,10,12H2,1-2H3. The normalized spacial score (nSPS) is 12.4. The molecule has 0 aliphatic heterocycles. The van der Waals surface area contributed by atoms with Crippen molar-refractivity contribution in [2.75, 3.05) is 17.0 Å². The first-order valence-corrected chi connectivity index (χ1v) is 12.0. The van der Waals surface area contributed by atoms with Gasteiger partial charge in [-0.3, -0.25) is 4.72 Å². The van der Waals surface area contributed by atoms with Crippen molar-refractivity contribution in [1.29, 1.82) is 0 Å². The van der Waals surface area contributed by atoms with Gasteiger partial charge in [0.25, 0.3) is 0 Å². The zero-order valence-electron chi connectivity index (χ0n) is 15.9. The summed E-state index contributed by atoms with van der Waals surface area (Å²) in [7, 11) is -7.57. The lowest BCUT2D eigenvalue weighted by molar-refractivity contribution is 0.242. The van der Waals surface area contributed by atoms with Gasteiger partial charge in [-0.25, -0.2) is 26.1 Å². The molecule has 0 spiro atoms. The van der Waals surface area contributed by atoms with Crippen molar-refractivity contribution in [3.8, 4) is 5.75 Å². The van der Waals surface area contributed by atoms with E-state index < -0.39 is 25.8 Å². The lowest BCUT2D eigenvalue weighted by atomic mass is 10.3. The van der Waals surface area contributed by atoms with Crippen LogP contribution in [0.4, 0.5) is 5.69 Å². The Balaban J connectivity index is 1.58. The van der Waals surface area contributed by atoms with Crippen molar-refractivity contribution in [3.63, 3.8) is 0 Å². The van der Waals surface area contributed by atoms with Crippen LogP contribution in [0, 0.1) is 0 Å². The van der Waals surface area contributed by atoms with Crippen LogP contribution in [-0.4, -0.2) is 44.9 Å². The summed E-state index contributed by atoms with van der Waals surface area (Å²) in [6, 6.07) is 10.9. The molecule has 0 amide bonds. The van der Waals surface area contributed by atoms with E-state index in [1.807, 2.05) is 13.8 Å². The summed E-state index contributed by atoms with van der Waals surface area (Å²) in [6.07, 6.45) is 3.20. The fraction of sp³-hybridized carbons (Fsp3) is 0.278. The number of sulfonamides is 2. The highest BCUT2D eigenvalue weighted by Crippen LogP contribution is 2.17. The maximum absolute atomic E-state index is 12.3. The maximum Gasteiger partial charge on any atom is 0.240 e. The van der Waals surface area contributed by atoms with Gasteiger partial charge in [0.15, 0.2) is 0 Å². The quantitative estimate of drug-likeness (QED) is 0.526. The third-order valence-corrected chi connectivity index (χ3v) is 6.61. The van der Waals surface area contributed by atoms with Gasteiger partial charge >= 0.3 is 0 Å². The minimum absolute atomic E-state index is 0.0250. The van der Waals surface area contributed by atoms with E-state index in [0.717, 1.165) is 5.52 Å². The Bertz CT molecular complexity index is 1190. The number of aromatic nitrogens is 2. The highest BCUT2D eigenvalue weighted by Gasteiger charge is 2.17. The fourth-order valence-electron chi connectivity index (χ4n) is 2.58. The number of hydrogen-bond acceptors (Lipinski definition) is 6. The van der Waals surface area contributed by atoms with Crippen molar-refractivity contribution in [2.45, 2.75) is 24.8 Å². The van der Waals surface area contributed by atoms with Crippen molar-refractivity contribution in [3.05, 3.63) is 54.9 Å². The van der Waals surface area contributed by atoms with Crippen molar-refractivity contribution in [1.82, 2.24) is 14.3 Å². The highest BCUT2D eigenvalue weighted by atomic mass is 32.2. The Morgan fingerprint density at radius 1 is 1.07 bits per heavy atom. The lowest BCUT2D eigenvalue weighted by Crippen LogP contribution is -2.31. The van der Waals surface area contributed by atoms with E-state index in [2.05, 4.69) is 14.5 Å². The van der Waals surface area contributed by atoms with Gasteiger partial charge in [0.2, 0.25) is 20.0 Å². The van der Waals surface area contributed by atoms with E-state index in [9.17, 15) is 16.8 Å². The lowest BCUT2D eigenvalue weighted by Gasteiger charge is -2.11. The first-order chi connectivity index (χ1) is 13.6. The van der Waals surface area contributed by atoms with Crippen molar-refractivity contribution < 1.29 is 21.6 Å². The van der Waals surface area contributed by atoms with Crippen molar-refractivity contribution >= 4 is 31.3 Å². The number of anilines is 1. The van der Waals surface area contributed by atoms with Crippen LogP contribution in [0.1, 0.15) is 13.8 Å². The topological polar surface area (TPSA) is 119 Å². The maximum atomic E-state index is 12.3. The van der Waals surface area contributed by atoms with Gasteiger partial charge < -0.3 is 4.74 Å². The molecule has 156 valence electrons. The van der Waals surface area contributed by atoms with E-state index in [1.54, 1.807) is 47.2 Å². The SMILES string of the molecule is CC(C)Oc1ccc(S(=O)(=O)NCCS(=O)(=O)Nc2ccn3nccc3c2)cc1. The Hall–Kier alpha value is -2.63. The molecular formula is C18H22N4O5S2.